The van der Waals surface area contributed by atoms with Crippen molar-refractivity contribution < 1.29 is 14.7 Å². The molecule has 0 aromatic carbocycles. The molecule has 0 radical (unpaired) electrons. The summed E-state index contributed by atoms with van der Waals surface area (Å²) in [6.45, 7) is 0.544. The van der Waals surface area contributed by atoms with Crippen molar-refractivity contribution in [2.75, 3.05) is 6.54 Å². The second-order valence-electron chi connectivity index (χ2n) is 3.63. The van der Waals surface area contributed by atoms with Crippen LogP contribution in [0.2, 0.25) is 0 Å². The largest absolute Gasteiger partial charge is 0.480 e. The number of aliphatic carboxylic acids is 1. The van der Waals surface area contributed by atoms with Crippen LogP contribution >= 0.6 is 33.9 Å². The molecule has 2 heterocycles. The van der Waals surface area contributed by atoms with E-state index in [2.05, 4.69) is 22.6 Å². The Morgan fingerprint density at radius 2 is 2.31 bits per heavy atom. The number of carboxylic acid groups (broad SMARTS) is 1. The first-order valence-electron chi connectivity index (χ1n) is 4.87. The summed E-state index contributed by atoms with van der Waals surface area (Å²) in [7, 11) is 0. The molecule has 1 aromatic heterocycles. The molecule has 1 unspecified atom stereocenters. The summed E-state index contributed by atoms with van der Waals surface area (Å²) in [6, 6.07) is 1.15. The number of amides is 1. The van der Waals surface area contributed by atoms with E-state index in [1.807, 2.05) is 0 Å². The Bertz CT molecular complexity index is 431. The second-order valence-corrected chi connectivity index (χ2v) is 6.44. The molecule has 1 saturated heterocycles. The quantitative estimate of drug-likeness (QED) is 0.830. The number of carboxylic acids is 1. The minimum absolute atomic E-state index is 0.163. The van der Waals surface area contributed by atoms with Gasteiger partial charge in [0.1, 0.15) is 6.04 Å². The highest BCUT2D eigenvalue weighted by atomic mass is 127. The first-order valence-corrected chi connectivity index (χ1v) is 6.83. The maximum atomic E-state index is 12.0. The van der Waals surface area contributed by atoms with E-state index in [9.17, 15) is 9.59 Å². The van der Waals surface area contributed by atoms with E-state index in [4.69, 9.17) is 5.11 Å². The molecule has 1 aromatic rings. The standard InChI is InChI=1S/C10H10INO3S/c11-8-4-6(5-16-8)9(13)12-3-1-2-7(12)10(14)15/h4-5,7H,1-3H2,(H,14,15). The molecule has 86 valence electrons. The van der Waals surface area contributed by atoms with Crippen molar-refractivity contribution in [1.82, 2.24) is 4.90 Å². The second kappa shape index (κ2) is 4.70. The van der Waals surface area contributed by atoms with E-state index >= 15 is 0 Å². The number of nitrogens with zero attached hydrogens (tertiary/aromatic N) is 1. The molecule has 2 rings (SSSR count). The van der Waals surface area contributed by atoms with Crippen LogP contribution in [0.1, 0.15) is 23.2 Å². The Kier molecular flexibility index (Phi) is 3.48. The van der Waals surface area contributed by atoms with Crippen molar-refractivity contribution in [3.8, 4) is 0 Å². The van der Waals surface area contributed by atoms with Gasteiger partial charge in [-0.1, -0.05) is 0 Å². The highest BCUT2D eigenvalue weighted by Gasteiger charge is 2.34. The molecule has 1 aliphatic heterocycles. The zero-order valence-electron chi connectivity index (χ0n) is 8.35. The first-order chi connectivity index (χ1) is 7.59. The number of likely N-dealkylation sites (tertiary alicyclic amines) is 1. The molecule has 1 aliphatic rings. The number of hydrogen-bond acceptors (Lipinski definition) is 3. The average Bonchev–Trinajstić information content (AvgIpc) is 2.84. The van der Waals surface area contributed by atoms with Gasteiger partial charge in [0.25, 0.3) is 5.91 Å². The van der Waals surface area contributed by atoms with Gasteiger partial charge in [0, 0.05) is 11.9 Å². The number of thiophene rings is 1. The highest BCUT2D eigenvalue weighted by Crippen LogP contribution is 2.23. The molecule has 1 fully saturated rings. The molecule has 0 aliphatic carbocycles. The molecule has 1 atom stereocenters. The number of carbonyl (C=O) groups is 2. The lowest BCUT2D eigenvalue weighted by Crippen LogP contribution is -2.40. The van der Waals surface area contributed by atoms with Crippen LogP contribution in [0, 0.1) is 2.88 Å². The molecule has 1 N–H and O–H groups in total. The topological polar surface area (TPSA) is 57.6 Å². The minimum Gasteiger partial charge on any atom is -0.480 e. The van der Waals surface area contributed by atoms with Gasteiger partial charge in [-0.2, -0.15) is 0 Å². The minimum atomic E-state index is -0.907. The molecular weight excluding hydrogens is 341 g/mol. The fourth-order valence-electron chi connectivity index (χ4n) is 1.85. The van der Waals surface area contributed by atoms with Crippen molar-refractivity contribution in [3.05, 3.63) is 19.9 Å². The van der Waals surface area contributed by atoms with E-state index in [0.717, 1.165) is 9.30 Å². The summed E-state index contributed by atoms with van der Waals surface area (Å²) in [5.41, 5.74) is 0.600. The van der Waals surface area contributed by atoms with Crippen LogP contribution in [-0.4, -0.2) is 34.5 Å². The molecule has 1 amide bonds. The summed E-state index contributed by atoms with van der Waals surface area (Å²) >= 11 is 3.64. The maximum absolute atomic E-state index is 12.0. The Labute approximate surface area is 110 Å². The Hall–Kier alpha value is -0.630. The Balaban J connectivity index is 2.18. The van der Waals surface area contributed by atoms with E-state index in [1.165, 1.54) is 16.2 Å². The predicted molar refractivity (Wildman–Crippen MR) is 68.7 cm³/mol. The van der Waals surface area contributed by atoms with Crippen LogP contribution in [0.3, 0.4) is 0 Å². The highest BCUT2D eigenvalue weighted by molar-refractivity contribution is 14.1. The van der Waals surface area contributed by atoms with Crippen molar-refractivity contribution in [3.63, 3.8) is 0 Å². The average molecular weight is 351 g/mol. The van der Waals surface area contributed by atoms with Gasteiger partial charge in [-0.15, -0.1) is 11.3 Å². The summed E-state index contributed by atoms with van der Waals surface area (Å²) in [4.78, 5) is 24.5. The molecule has 0 bridgehead atoms. The normalized spacial score (nSPS) is 20.1. The van der Waals surface area contributed by atoms with E-state index in [1.54, 1.807) is 11.4 Å². The maximum Gasteiger partial charge on any atom is 0.326 e. The van der Waals surface area contributed by atoms with Gasteiger partial charge < -0.3 is 10.0 Å². The summed E-state index contributed by atoms with van der Waals surface area (Å²) in [5.74, 6) is -1.07. The first kappa shape index (κ1) is 11.8. The monoisotopic (exact) mass is 351 g/mol. The predicted octanol–water partition coefficient (Wildman–Crippen LogP) is 2.04. The lowest BCUT2D eigenvalue weighted by atomic mass is 10.2. The fourth-order valence-corrected chi connectivity index (χ4v) is 3.17. The molecule has 6 heteroatoms. The van der Waals surface area contributed by atoms with E-state index < -0.39 is 12.0 Å². The van der Waals surface area contributed by atoms with E-state index in [0.29, 0.717) is 18.5 Å². The van der Waals surface area contributed by atoms with Crippen LogP contribution in [0.15, 0.2) is 11.4 Å². The molecule has 4 nitrogen and oxygen atoms in total. The summed E-state index contributed by atoms with van der Waals surface area (Å²) in [6.07, 6.45) is 1.33. The lowest BCUT2D eigenvalue weighted by molar-refractivity contribution is -0.141. The third kappa shape index (κ3) is 2.22. The molecule has 0 spiro atoms. The molecular formula is C10H10INO3S. The summed E-state index contributed by atoms with van der Waals surface area (Å²) in [5, 5.41) is 10.8. The fraction of sp³-hybridized carbons (Fsp3) is 0.400. The molecule has 16 heavy (non-hydrogen) atoms. The van der Waals surface area contributed by atoms with Crippen LogP contribution in [0.25, 0.3) is 0 Å². The third-order valence-electron chi connectivity index (χ3n) is 2.61. The van der Waals surface area contributed by atoms with Crippen LogP contribution < -0.4 is 0 Å². The van der Waals surface area contributed by atoms with Crippen molar-refractivity contribution in [2.24, 2.45) is 0 Å². The van der Waals surface area contributed by atoms with Crippen LogP contribution in [0.4, 0.5) is 0 Å². The number of rotatable bonds is 2. The summed E-state index contributed by atoms with van der Waals surface area (Å²) < 4.78 is 1.03. The van der Waals surface area contributed by atoms with Crippen molar-refractivity contribution >= 4 is 45.8 Å². The SMILES string of the molecule is O=C(O)C1CCCN1C(=O)c1csc(I)c1. The third-order valence-corrected chi connectivity index (χ3v) is 4.40. The van der Waals surface area contributed by atoms with Crippen LogP contribution in [-0.2, 0) is 4.79 Å². The number of carbonyl (C=O) groups excluding carboxylic acids is 1. The smallest absolute Gasteiger partial charge is 0.326 e. The number of hydrogen-bond donors (Lipinski definition) is 1. The zero-order chi connectivity index (χ0) is 11.7. The van der Waals surface area contributed by atoms with Gasteiger partial charge in [-0.05, 0) is 41.5 Å². The van der Waals surface area contributed by atoms with Gasteiger partial charge in [0.15, 0.2) is 0 Å². The van der Waals surface area contributed by atoms with Crippen molar-refractivity contribution in [2.45, 2.75) is 18.9 Å². The Morgan fingerprint density at radius 3 is 2.88 bits per heavy atom. The Morgan fingerprint density at radius 1 is 1.56 bits per heavy atom. The lowest BCUT2D eigenvalue weighted by Gasteiger charge is -2.20. The van der Waals surface area contributed by atoms with Gasteiger partial charge in [-0.25, -0.2) is 4.79 Å². The van der Waals surface area contributed by atoms with Gasteiger partial charge in [0.2, 0.25) is 0 Å². The van der Waals surface area contributed by atoms with E-state index in [-0.39, 0.29) is 5.91 Å². The molecule has 0 saturated carbocycles. The van der Waals surface area contributed by atoms with Gasteiger partial charge in [0.05, 0.1) is 8.45 Å². The van der Waals surface area contributed by atoms with Crippen molar-refractivity contribution in [1.29, 1.82) is 0 Å². The van der Waals surface area contributed by atoms with Crippen LogP contribution in [0.5, 0.6) is 0 Å². The number of halogens is 1. The van der Waals surface area contributed by atoms with Gasteiger partial charge in [-0.3, -0.25) is 4.79 Å². The van der Waals surface area contributed by atoms with Gasteiger partial charge >= 0.3 is 5.97 Å². The zero-order valence-corrected chi connectivity index (χ0v) is 11.3.